The van der Waals surface area contributed by atoms with Crippen LogP contribution in [0.25, 0.3) is 5.69 Å². The lowest BCUT2D eigenvalue weighted by Crippen LogP contribution is -2.40. The average molecular weight is 409 g/mol. The molecule has 27 heavy (non-hydrogen) atoms. The van der Waals surface area contributed by atoms with Gasteiger partial charge in [0, 0.05) is 0 Å². The van der Waals surface area contributed by atoms with Crippen molar-refractivity contribution < 1.29 is 14.0 Å². The summed E-state index contributed by atoms with van der Waals surface area (Å²) < 4.78 is 13.2. The number of carbonyl (C=O) groups is 1. The summed E-state index contributed by atoms with van der Waals surface area (Å²) in [5.74, 6) is -0.353. The van der Waals surface area contributed by atoms with Crippen LogP contribution in [0.3, 0.4) is 0 Å². The van der Waals surface area contributed by atoms with Crippen LogP contribution >= 0.6 is 11.6 Å². The SMILES string of the molecule is CCOC(=O)c1cccc(-n2nc(C)c(Cl)c2CO[Si](C)(C)C(C)(C)C)c1. The molecule has 0 radical (unpaired) electrons. The van der Waals surface area contributed by atoms with Crippen LogP contribution in [0.5, 0.6) is 0 Å². The van der Waals surface area contributed by atoms with Gasteiger partial charge in [-0.15, -0.1) is 0 Å². The molecule has 0 atom stereocenters. The van der Waals surface area contributed by atoms with E-state index in [4.69, 9.17) is 20.8 Å². The highest BCUT2D eigenvalue weighted by molar-refractivity contribution is 6.74. The Labute approximate surface area is 167 Å². The predicted octanol–water partition coefficient (Wildman–Crippen LogP) is 5.53. The van der Waals surface area contributed by atoms with Crippen LogP contribution < -0.4 is 0 Å². The molecule has 2 aromatic rings. The van der Waals surface area contributed by atoms with Gasteiger partial charge in [0.2, 0.25) is 0 Å². The van der Waals surface area contributed by atoms with Gasteiger partial charge in [-0.3, -0.25) is 0 Å². The van der Waals surface area contributed by atoms with E-state index in [2.05, 4.69) is 39.0 Å². The minimum absolute atomic E-state index is 0.100. The summed E-state index contributed by atoms with van der Waals surface area (Å²) in [5, 5.41) is 5.25. The second-order valence-electron chi connectivity index (χ2n) is 8.08. The van der Waals surface area contributed by atoms with Crippen LogP contribution in [0.2, 0.25) is 23.2 Å². The summed E-state index contributed by atoms with van der Waals surface area (Å²) in [6.45, 7) is 15.4. The first kappa shape index (κ1) is 21.7. The molecule has 0 spiro atoms. The molecule has 0 fully saturated rings. The molecule has 1 heterocycles. The summed E-state index contributed by atoms with van der Waals surface area (Å²) in [4.78, 5) is 12.1. The second kappa shape index (κ2) is 8.16. The van der Waals surface area contributed by atoms with Gasteiger partial charge in [0.15, 0.2) is 8.32 Å². The van der Waals surface area contributed by atoms with E-state index in [0.29, 0.717) is 23.8 Å². The molecule has 0 N–H and O–H groups in total. The van der Waals surface area contributed by atoms with E-state index in [1.165, 1.54) is 0 Å². The third-order valence-electron chi connectivity index (χ3n) is 5.05. The van der Waals surface area contributed by atoms with Gasteiger partial charge in [-0.05, 0) is 50.2 Å². The molecule has 0 bridgehead atoms. The first-order valence-electron chi connectivity index (χ1n) is 9.13. The average Bonchev–Trinajstić information content (AvgIpc) is 2.87. The molecule has 0 aliphatic carbocycles. The third-order valence-corrected chi connectivity index (χ3v) is 10.0. The van der Waals surface area contributed by atoms with Crippen LogP contribution in [-0.4, -0.2) is 30.7 Å². The fourth-order valence-corrected chi connectivity index (χ4v) is 3.44. The Kier molecular flexibility index (Phi) is 6.55. The number of benzene rings is 1. The van der Waals surface area contributed by atoms with Gasteiger partial charge in [0.05, 0.1) is 40.9 Å². The van der Waals surface area contributed by atoms with Gasteiger partial charge in [-0.1, -0.05) is 38.4 Å². The Morgan fingerprint density at radius 3 is 2.56 bits per heavy atom. The maximum Gasteiger partial charge on any atom is 0.338 e. The molecule has 5 nitrogen and oxygen atoms in total. The monoisotopic (exact) mass is 408 g/mol. The molecule has 1 aromatic heterocycles. The van der Waals surface area contributed by atoms with E-state index in [1.807, 2.05) is 19.1 Å². The maximum atomic E-state index is 12.1. The largest absolute Gasteiger partial charge is 0.462 e. The van der Waals surface area contributed by atoms with Crippen molar-refractivity contribution in [3.63, 3.8) is 0 Å². The summed E-state index contributed by atoms with van der Waals surface area (Å²) in [6.07, 6.45) is 0. The number of halogens is 1. The van der Waals surface area contributed by atoms with Crippen molar-refractivity contribution in [3.05, 3.63) is 46.2 Å². The van der Waals surface area contributed by atoms with Gasteiger partial charge in [0.25, 0.3) is 0 Å². The number of ether oxygens (including phenoxy) is 1. The number of nitrogens with zero attached hydrogens (tertiary/aromatic N) is 2. The van der Waals surface area contributed by atoms with Crippen molar-refractivity contribution in [2.24, 2.45) is 0 Å². The number of aromatic nitrogens is 2. The lowest BCUT2D eigenvalue weighted by molar-refractivity contribution is 0.0526. The Morgan fingerprint density at radius 1 is 1.30 bits per heavy atom. The summed E-state index contributed by atoms with van der Waals surface area (Å²) in [6, 6.07) is 7.19. The predicted molar refractivity (Wildman–Crippen MR) is 111 cm³/mol. The van der Waals surface area contributed by atoms with Crippen molar-refractivity contribution in [2.75, 3.05) is 6.61 Å². The maximum absolute atomic E-state index is 12.1. The zero-order valence-electron chi connectivity index (χ0n) is 17.2. The Hall–Kier alpha value is -1.63. The van der Waals surface area contributed by atoms with Crippen LogP contribution in [0, 0.1) is 6.92 Å². The molecule has 2 rings (SSSR count). The van der Waals surface area contributed by atoms with Crippen molar-refractivity contribution in [2.45, 2.75) is 59.4 Å². The van der Waals surface area contributed by atoms with Crippen molar-refractivity contribution >= 4 is 25.9 Å². The number of esters is 1. The van der Waals surface area contributed by atoms with Crippen LogP contribution in [-0.2, 0) is 15.8 Å². The smallest absolute Gasteiger partial charge is 0.338 e. The topological polar surface area (TPSA) is 53.4 Å². The zero-order valence-corrected chi connectivity index (χ0v) is 19.0. The molecule has 0 saturated carbocycles. The van der Waals surface area contributed by atoms with Crippen molar-refractivity contribution in [1.29, 1.82) is 0 Å². The highest BCUT2D eigenvalue weighted by atomic mass is 35.5. The minimum atomic E-state index is -1.94. The lowest BCUT2D eigenvalue weighted by Gasteiger charge is -2.36. The minimum Gasteiger partial charge on any atom is -0.462 e. The lowest BCUT2D eigenvalue weighted by atomic mass is 10.2. The van der Waals surface area contributed by atoms with Crippen LogP contribution in [0.15, 0.2) is 24.3 Å². The van der Waals surface area contributed by atoms with Crippen LogP contribution in [0.1, 0.15) is 49.4 Å². The van der Waals surface area contributed by atoms with E-state index in [-0.39, 0.29) is 11.0 Å². The van der Waals surface area contributed by atoms with Gasteiger partial charge in [-0.25, -0.2) is 9.48 Å². The molecule has 0 aliphatic rings. The van der Waals surface area contributed by atoms with Gasteiger partial charge >= 0.3 is 5.97 Å². The molecule has 0 amide bonds. The first-order valence-corrected chi connectivity index (χ1v) is 12.4. The molecule has 0 aliphatic heterocycles. The normalized spacial score (nSPS) is 12.3. The highest BCUT2D eigenvalue weighted by Gasteiger charge is 2.37. The molecule has 1 aromatic carbocycles. The van der Waals surface area contributed by atoms with E-state index in [1.54, 1.807) is 23.7 Å². The fraction of sp³-hybridized carbons (Fsp3) is 0.500. The number of rotatable bonds is 6. The molecule has 0 saturated heterocycles. The number of hydrogen-bond donors (Lipinski definition) is 0. The summed E-state index contributed by atoms with van der Waals surface area (Å²) in [7, 11) is -1.94. The van der Waals surface area contributed by atoms with E-state index in [0.717, 1.165) is 17.1 Å². The number of hydrogen-bond acceptors (Lipinski definition) is 4. The van der Waals surface area contributed by atoms with Crippen molar-refractivity contribution in [3.8, 4) is 5.69 Å². The molecular weight excluding hydrogens is 380 g/mol. The third kappa shape index (κ3) is 4.81. The molecule has 148 valence electrons. The van der Waals surface area contributed by atoms with Gasteiger partial charge in [0.1, 0.15) is 0 Å². The Balaban J connectivity index is 2.38. The Morgan fingerprint density at radius 2 is 1.96 bits per heavy atom. The Bertz CT molecular complexity index is 825. The quantitative estimate of drug-likeness (QED) is 0.465. The standard InChI is InChI=1S/C20H29ClN2O3Si/c1-8-25-19(24)15-10-9-11-16(12-15)23-17(18(21)14(2)22-23)13-26-27(6,7)20(3,4)5/h9-12H,8,13H2,1-7H3. The van der Waals surface area contributed by atoms with Gasteiger partial charge in [-0.2, -0.15) is 5.10 Å². The highest BCUT2D eigenvalue weighted by Crippen LogP contribution is 2.37. The summed E-state index contributed by atoms with van der Waals surface area (Å²) in [5.41, 5.74) is 2.76. The fourth-order valence-electron chi connectivity index (χ4n) is 2.34. The van der Waals surface area contributed by atoms with E-state index in [9.17, 15) is 4.79 Å². The molecular formula is C20H29ClN2O3Si. The van der Waals surface area contributed by atoms with Crippen LogP contribution in [0.4, 0.5) is 0 Å². The first-order chi connectivity index (χ1) is 12.5. The number of carbonyl (C=O) groups excluding carboxylic acids is 1. The zero-order chi connectivity index (χ0) is 20.4. The van der Waals surface area contributed by atoms with Crippen molar-refractivity contribution in [1.82, 2.24) is 9.78 Å². The van der Waals surface area contributed by atoms with E-state index < -0.39 is 8.32 Å². The molecule has 7 heteroatoms. The second-order valence-corrected chi connectivity index (χ2v) is 13.3. The van der Waals surface area contributed by atoms with E-state index >= 15 is 0 Å². The molecule has 0 unspecified atom stereocenters. The summed E-state index contributed by atoms with van der Waals surface area (Å²) >= 11 is 6.52. The van der Waals surface area contributed by atoms with Gasteiger partial charge < -0.3 is 9.16 Å². The number of aryl methyl sites for hydroxylation is 1.